The van der Waals surface area contributed by atoms with Crippen LogP contribution in [0.15, 0.2) is 48.4 Å². The van der Waals surface area contributed by atoms with Crippen LogP contribution in [0.5, 0.6) is 0 Å². The summed E-state index contributed by atoms with van der Waals surface area (Å²) in [6, 6.07) is 5.91. The molecule has 1 aliphatic heterocycles. The van der Waals surface area contributed by atoms with E-state index >= 15 is 0 Å². The first-order valence-corrected chi connectivity index (χ1v) is 9.69. The van der Waals surface area contributed by atoms with Crippen LogP contribution in [0.1, 0.15) is 24.1 Å². The molecule has 0 saturated carbocycles. The van der Waals surface area contributed by atoms with Crippen LogP contribution in [0, 0.1) is 0 Å². The Morgan fingerprint density at radius 1 is 1.15 bits per heavy atom. The number of rotatable bonds is 7. The van der Waals surface area contributed by atoms with Crippen molar-refractivity contribution in [3.05, 3.63) is 59.6 Å². The summed E-state index contributed by atoms with van der Waals surface area (Å²) in [4.78, 5) is 19.9. The van der Waals surface area contributed by atoms with Crippen LogP contribution in [0.2, 0.25) is 0 Å². The second-order valence-corrected chi connectivity index (χ2v) is 7.24. The first-order valence-electron chi connectivity index (χ1n) is 8.81. The zero-order chi connectivity index (χ0) is 17.6. The Hall–Kier alpha value is -2.22. The number of thiazole rings is 1. The number of aromatic nitrogens is 4. The second kappa shape index (κ2) is 8.44. The summed E-state index contributed by atoms with van der Waals surface area (Å²) in [5.41, 5.74) is 2.24. The molecule has 4 heterocycles. The largest absolute Gasteiger partial charge is 0.377 e. The molecule has 0 amide bonds. The van der Waals surface area contributed by atoms with E-state index in [1.165, 1.54) is 5.56 Å². The van der Waals surface area contributed by atoms with E-state index in [9.17, 15) is 0 Å². The van der Waals surface area contributed by atoms with Gasteiger partial charge in [0, 0.05) is 56.4 Å². The van der Waals surface area contributed by atoms with Gasteiger partial charge in [-0.1, -0.05) is 6.07 Å². The molecule has 1 atom stereocenters. The molecule has 7 heteroatoms. The third kappa shape index (κ3) is 4.49. The molecule has 0 aliphatic carbocycles. The molecule has 0 N–H and O–H groups in total. The molecule has 134 valence electrons. The van der Waals surface area contributed by atoms with E-state index in [1.54, 1.807) is 29.9 Å². The molecular weight excluding hydrogens is 346 g/mol. The van der Waals surface area contributed by atoms with E-state index in [0.717, 1.165) is 49.8 Å². The Kier molecular flexibility index (Phi) is 5.59. The van der Waals surface area contributed by atoms with Crippen molar-refractivity contribution < 1.29 is 4.74 Å². The highest BCUT2D eigenvalue weighted by atomic mass is 32.1. The molecular formula is C19H21N5OS. The highest BCUT2D eigenvalue weighted by molar-refractivity contribution is 7.13. The van der Waals surface area contributed by atoms with Crippen molar-refractivity contribution >= 4 is 11.3 Å². The molecule has 0 aromatic carbocycles. The van der Waals surface area contributed by atoms with E-state index in [-0.39, 0.29) is 0 Å². The average Bonchev–Trinajstić information content (AvgIpc) is 3.35. The minimum Gasteiger partial charge on any atom is -0.377 e. The SMILES string of the molecule is c1cnc(-c2nc(CN(Cc3cccnc3)C[C@H]3CCCO3)cs2)nc1. The van der Waals surface area contributed by atoms with Gasteiger partial charge in [-0.2, -0.15) is 0 Å². The number of ether oxygens (including phenoxy) is 1. The summed E-state index contributed by atoms with van der Waals surface area (Å²) in [5, 5.41) is 2.95. The smallest absolute Gasteiger partial charge is 0.188 e. The van der Waals surface area contributed by atoms with Gasteiger partial charge in [0.25, 0.3) is 0 Å². The lowest BCUT2D eigenvalue weighted by molar-refractivity contribution is 0.0675. The Bertz CT molecular complexity index is 805. The van der Waals surface area contributed by atoms with Gasteiger partial charge in [-0.3, -0.25) is 9.88 Å². The van der Waals surface area contributed by atoms with Crippen molar-refractivity contribution in [2.75, 3.05) is 13.2 Å². The lowest BCUT2D eigenvalue weighted by atomic mass is 10.2. The summed E-state index contributed by atoms with van der Waals surface area (Å²) in [5.74, 6) is 0.682. The van der Waals surface area contributed by atoms with Gasteiger partial charge in [-0.15, -0.1) is 11.3 Å². The molecule has 0 radical (unpaired) electrons. The quantitative estimate of drug-likeness (QED) is 0.639. The fourth-order valence-corrected chi connectivity index (χ4v) is 3.89. The fourth-order valence-electron chi connectivity index (χ4n) is 3.13. The van der Waals surface area contributed by atoms with E-state index in [2.05, 4.69) is 31.3 Å². The van der Waals surface area contributed by atoms with Crippen LogP contribution in [-0.4, -0.2) is 44.1 Å². The summed E-state index contributed by atoms with van der Waals surface area (Å²) in [7, 11) is 0. The number of hydrogen-bond donors (Lipinski definition) is 0. The Morgan fingerprint density at radius 2 is 2.08 bits per heavy atom. The average molecular weight is 367 g/mol. The molecule has 1 fully saturated rings. The molecule has 3 aromatic rings. The summed E-state index contributed by atoms with van der Waals surface area (Å²) >= 11 is 1.59. The van der Waals surface area contributed by atoms with Crippen molar-refractivity contribution in [3.63, 3.8) is 0 Å². The second-order valence-electron chi connectivity index (χ2n) is 6.38. The maximum Gasteiger partial charge on any atom is 0.188 e. The van der Waals surface area contributed by atoms with Crippen molar-refractivity contribution in [1.29, 1.82) is 0 Å². The minimum absolute atomic E-state index is 0.308. The molecule has 3 aromatic heterocycles. The highest BCUT2D eigenvalue weighted by Crippen LogP contribution is 2.22. The van der Waals surface area contributed by atoms with E-state index in [4.69, 9.17) is 9.72 Å². The summed E-state index contributed by atoms with van der Waals surface area (Å²) in [6.45, 7) is 3.39. The van der Waals surface area contributed by atoms with Gasteiger partial charge < -0.3 is 4.74 Å². The summed E-state index contributed by atoms with van der Waals surface area (Å²) in [6.07, 6.45) is 9.81. The number of pyridine rings is 1. The molecule has 0 spiro atoms. The molecule has 6 nitrogen and oxygen atoms in total. The van der Waals surface area contributed by atoms with Crippen LogP contribution in [0.25, 0.3) is 10.8 Å². The molecule has 0 bridgehead atoms. The normalized spacial score (nSPS) is 17.0. The van der Waals surface area contributed by atoms with Gasteiger partial charge >= 0.3 is 0 Å². The number of hydrogen-bond acceptors (Lipinski definition) is 7. The zero-order valence-corrected chi connectivity index (χ0v) is 15.3. The Morgan fingerprint density at radius 3 is 2.85 bits per heavy atom. The maximum atomic E-state index is 5.84. The fraction of sp³-hybridized carbons (Fsp3) is 0.368. The van der Waals surface area contributed by atoms with Crippen LogP contribution < -0.4 is 0 Å². The monoisotopic (exact) mass is 367 g/mol. The van der Waals surface area contributed by atoms with Crippen LogP contribution >= 0.6 is 11.3 Å². The lowest BCUT2D eigenvalue weighted by Crippen LogP contribution is -2.31. The number of nitrogens with zero attached hydrogens (tertiary/aromatic N) is 5. The van der Waals surface area contributed by atoms with Gasteiger partial charge in [-0.25, -0.2) is 15.0 Å². The van der Waals surface area contributed by atoms with Crippen LogP contribution in [-0.2, 0) is 17.8 Å². The third-order valence-electron chi connectivity index (χ3n) is 4.31. The van der Waals surface area contributed by atoms with Gasteiger partial charge in [-0.05, 0) is 30.5 Å². The molecule has 26 heavy (non-hydrogen) atoms. The first kappa shape index (κ1) is 17.2. The predicted molar refractivity (Wildman–Crippen MR) is 100 cm³/mol. The van der Waals surface area contributed by atoms with Gasteiger partial charge in [0.1, 0.15) is 0 Å². The summed E-state index contributed by atoms with van der Waals surface area (Å²) < 4.78 is 5.84. The Balaban J connectivity index is 1.47. The lowest BCUT2D eigenvalue weighted by Gasteiger charge is -2.24. The van der Waals surface area contributed by atoms with Crippen LogP contribution in [0.3, 0.4) is 0 Å². The minimum atomic E-state index is 0.308. The standard InChI is InChI=1S/C19H21N5OS/c1-4-15(10-20-6-1)11-24(13-17-5-2-9-25-17)12-16-14-26-19(23-16)18-21-7-3-8-22-18/h1,3-4,6-8,10,14,17H,2,5,9,11-13H2/t17-/m1/s1. The van der Waals surface area contributed by atoms with Crippen LogP contribution in [0.4, 0.5) is 0 Å². The third-order valence-corrected chi connectivity index (χ3v) is 5.20. The molecule has 0 unspecified atom stereocenters. The van der Waals surface area contributed by atoms with Crippen molar-refractivity contribution in [2.24, 2.45) is 0 Å². The molecule has 1 saturated heterocycles. The predicted octanol–water partition coefficient (Wildman–Crippen LogP) is 3.18. The van der Waals surface area contributed by atoms with E-state index < -0.39 is 0 Å². The van der Waals surface area contributed by atoms with Gasteiger partial charge in [0.2, 0.25) is 0 Å². The molecule has 4 rings (SSSR count). The van der Waals surface area contributed by atoms with Gasteiger partial charge in [0.15, 0.2) is 10.8 Å². The van der Waals surface area contributed by atoms with Crippen molar-refractivity contribution in [1.82, 2.24) is 24.8 Å². The topological polar surface area (TPSA) is 64.0 Å². The van der Waals surface area contributed by atoms with Crippen molar-refractivity contribution in [3.8, 4) is 10.8 Å². The Labute approximate surface area is 156 Å². The first-order chi connectivity index (χ1) is 12.9. The zero-order valence-electron chi connectivity index (χ0n) is 14.5. The van der Waals surface area contributed by atoms with Gasteiger partial charge in [0.05, 0.1) is 11.8 Å². The highest BCUT2D eigenvalue weighted by Gasteiger charge is 2.20. The van der Waals surface area contributed by atoms with Crippen molar-refractivity contribution in [2.45, 2.75) is 32.0 Å². The van der Waals surface area contributed by atoms with E-state index in [1.807, 2.05) is 18.3 Å². The maximum absolute atomic E-state index is 5.84. The van der Waals surface area contributed by atoms with E-state index in [0.29, 0.717) is 11.9 Å². The molecule has 1 aliphatic rings.